The van der Waals surface area contributed by atoms with Crippen LogP contribution in [0.5, 0.6) is 11.6 Å². The van der Waals surface area contributed by atoms with Crippen LogP contribution in [0.15, 0.2) is 40.9 Å². The molecule has 1 amide bonds. The topological polar surface area (TPSA) is 106 Å². The molecule has 0 radical (unpaired) electrons. The maximum absolute atomic E-state index is 13.7. The molecule has 0 saturated carbocycles. The van der Waals surface area contributed by atoms with Gasteiger partial charge in [0.25, 0.3) is 0 Å². The molecule has 10 heteroatoms. The number of methoxy groups -OCH3 is 2. The van der Waals surface area contributed by atoms with Crippen LogP contribution in [0.3, 0.4) is 0 Å². The molecule has 0 aliphatic carbocycles. The van der Waals surface area contributed by atoms with E-state index in [9.17, 15) is 4.79 Å². The third kappa shape index (κ3) is 4.53. The number of hydrogen-bond donors (Lipinski definition) is 1. The van der Waals surface area contributed by atoms with Gasteiger partial charge in [0.1, 0.15) is 17.0 Å². The summed E-state index contributed by atoms with van der Waals surface area (Å²) in [5.74, 6) is 3.25. The summed E-state index contributed by atoms with van der Waals surface area (Å²) in [6.07, 6.45) is 3.03. The number of amides is 1. The number of anilines is 1. The standard InChI is InChI=1S/C25H30N6O4/c1-17-28-20(22(35-17)18-5-4-6-19(15-18)33-2)16-31-14-11-27-25(23(31)32)8-12-30(13-9-25)24-26-10-7-21(29-24)34-3/h4-7,10,15,27H,8-9,11-14,16H2,1-3H3. The van der Waals surface area contributed by atoms with E-state index in [4.69, 9.17) is 13.9 Å². The van der Waals surface area contributed by atoms with Gasteiger partial charge < -0.3 is 29.0 Å². The number of hydrogen-bond acceptors (Lipinski definition) is 9. The third-order valence-corrected chi connectivity index (χ3v) is 6.74. The number of piperidine rings is 1. The number of aromatic nitrogens is 3. The molecule has 0 atom stereocenters. The molecule has 0 unspecified atom stereocenters. The first kappa shape index (κ1) is 23.1. The fourth-order valence-corrected chi connectivity index (χ4v) is 4.89. The Morgan fingerprint density at radius 2 is 1.94 bits per heavy atom. The SMILES string of the molecule is COc1cccc(-c2oc(C)nc2CN2CCNC3(CCN(c4nccc(OC)n4)CC3)C2=O)c1. The van der Waals surface area contributed by atoms with Gasteiger partial charge in [-0.05, 0) is 25.0 Å². The number of piperazine rings is 1. The maximum Gasteiger partial charge on any atom is 0.243 e. The van der Waals surface area contributed by atoms with Gasteiger partial charge in [0, 0.05) is 50.9 Å². The van der Waals surface area contributed by atoms with Gasteiger partial charge in [0.05, 0.1) is 20.8 Å². The number of nitrogens with zero attached hydrogens (tertiary/aromatic N) is 5. The normalized spacial score (nSPS) is 17.6. The maximum atomic E-state index is 13.7. The first-order chi connectivity index (χ1) is 17.0. The van der Waals surface area contributed by atoms with E-state index in [-0.39, 0.29) is 5.91 Å². The van der Waals surface area contributed by atoms with Crippen LogP contribution in [0.25, 0.3) is 11.3 Å². The lowest BCUT2D eigenvalue weighted by molar-refractivity contribution is -0.143. The van der Waals surface area contributed by atoms with E-state index < -0.39 is 5.54 Å². The quantitative estimate of drug-likeness (QED) is 0.572. The van der Waals surface area contributed by atoms with E-state index >= 15 is 0 Å². The molecule has 184 valence electrons. The molecule has 2 aromatic heterocycles. The van der Waals surface area contributed by atoms with Crippen molar-refractivity contribution in [2.75, 3.05) is 45.3 Å². The van der Waals surface area contributed by atoms with Crippen LogP contribution in [0.2, 0.25) is 0 Å². The summed E-state index contributed by atoms with van der Waals surface area (Å²) in [6.45, 7) is 4.93. The predicted molar refractivity (Wildman–Crippen MR) is 129 cm³/mol. The predicted octanol–water partition coefficient (Wildman–Crippen LogP) is 2.43. The van der Waals surface area contributed by atoms with Crippen molar-refractivity contribution in [3.63, 3.8) is 0 Å². The summed E-state index contributed by atoms with van der Waals surface area (Å²) in [7, 11) is 3.23. The van der Waals surface area contributed by atoms with Crippen molar-refractivity contribution in [2.45, 2.75) is 31.8 Å². The van der Waals surface area contributed by atoms with Gasteiger partial charge in [-0.3, -0.25) is 4.79 Å². The van der Waals surface area contributed by atoms with Gasteiger partial charge in [-0.1, -0.05) is 12.1 Å². The van der Waals surface area contributed by atoms with E-state index in [0.29, 0.717) is 62.5 Å². The second-order valence-electron chi connectivity index (χ2n) is 8.86. The lowest BCUT2D eigenvalue weighted by Gasteiger charge is -2.46. The number of oxazole rings is 1. The summed E-state index contributed by atoms with van der Waals surface area (Å²) >= 11 is 0. The van der Waals surface area contributed by atoms with Crippen LogP contribution in [0.1, 0.15) is 24.4 Å². The highest BCUT2D eigenvalue weighted by molar-refractivity contribution is 5.87. The van der Waals surface area contributed by atoms with Gasteiger partial charge in [-0.25, -0.2) is 9.97 Å². The zero-order valence-corrected chi connectivity index (χ0v) is 20.3. The molecule has 5 rings (SSSR count). The summed E-state index contributed by atoms with van der Waals surface area (Å²) in [5, 5.41) is 3.52. The van der Waals surface area contributed by atoms with E-state index in [1.165, 1.54) is 0 Å². The highest BCUT2D eigenvalue weighted by atomic mass is 16.5. The molecule has 2 saturated heterocycles. The Morgan fingerprint density at radius 1 is 1.11 bits per heavy atom. The molecule has 2 aliphatic rings. The molecule has 3 aromatic rings. The zero-order chi connectivity index (χ0) is 24.4. The van der Waals surface area contributed by atoms with Crippen molar-refractivity contribution >= 4 is 11.9 Å². The van der Waals surface area contributed by atoms with Crippen molar-refractivity contribution in [1.29, 1.82) is 0 Å². The number of carbonyl (C=O) groups is 1. The molecule has 4 heterocycles. The first-order valence-corrected chi connectivity index (χ1v) is 11.8. The molecule has 0 bridgehead atoms. The van der Waals surface area contributed by atoms with Crippen molar-refractivity contribution in [3.05, 3.63) is 48.1 Å². The van der Waals surface area contributed by atoms with Gasteiger partial charge in [-0.2, -0.15) is 4.98 Å². The van der Waals surface area contributed by atoms with Crippen molar-refractivity contribution in [2.24, 2.45) is 0 Å². The van der Waals surface area contributed by atoms with E-state index in [0.717, 1.165) is 23.6 Å². The van der Waals surface area contributed by atoms with Gasteiger partial charge in [0.15, 0.2) is 11.7 Å². The lowest BCUT2D eigenvalue weighted by atomic mass is 9.84. The Hall–Kier alpha value is -3.66. The van der Waals surface area contributed by atoms with Gasteiger partial charge >= 0.3 is 0 Å². The Bertz CT molecular complexity index is 1200. The molecular formula is C25H30N6O4. The van der Waals surface area contributed by atoms with Crippen LogP contribution in [-0.2, 0) is 11.3 Å². The van der Waals surface area contributed by atoms with Crippen molar-refractivity contribution < 1.29 is 18.7 Å². The van der Waals surface area contributed by atoms with E-state index in [1.54, 1.807) is 26.5 Å². The largest absolute Gasteiger partial charge is 0.497 e. The first-order valence-electron chi connectivity index (χ1n) is 11.8. The highest BCUT2D eigenvalue weighted by Gasteiger charge is 2.46. The molecule has 2 fully saturated rings. The number of carbonyl (C=O) groups excluding carboxylic acids is 1. The van der Waals surface area contributed by atoms with Crippen LogP contribution < -0.4 is 19.7 Å². The Morgan fingerprint density at radius 3 is 2.71 bits per heavy atom. The molecule has 10 nitrogen and oxygen atoms in total. The monoisotopic (exact) mass is 478 g/mol. The zero-order valence-electron chi connectivity index (χ0n) is 20.3. The van der Waals surface area contributed by atoms with Gasteiger partial charge in [0.2, 0.25) is 17.7 Å². The van der Waals surface area contributed by atoms with Crippen molar-refractivity contribution in [1.82, 2.24) is 25.2 Å². The van der Waals surface area contributed by atoms with Crippen LogP contribution >= 0.6 is 0 Å². The minimum Gasteiger partial charge on any atom is -0.497 e. The molecular weight excluding hydrogens is 448 g/mol. The van der Waals surface area contributed by atoms with Gasteiger partial charge in [-0.15, -0.1) is 0 Å². The Labute approximate surface area is 204 Å². The average molecular weight is 479 g/mol. The van der Waals surface area contributed by atoms with Crippen LogP contribution in [0.4, 0.5) is 5.95 Å². The lowest BCUT2D eigenvalue weighted by Crippen LogP contribution is -2.67. The third-order valence-electron chi connectivity index (χ3n) is 6.74. The molecule has 35 heavy (non-hydrogen) atoms. The van der Waals surface area contributed by atoms with Crippen molar-refractivity contribution in [3.8, 4) is 23.0 Å². The molecule has 2 aliphatic heterocycles. The fourth-order valence-electron chi connectivity index (χ4n) is 4.89. The average Bonchev–Trinajstić information content (AvgIpc) is 3.27. The minimum atomic E-state index is -0.595. The van der Waals surface area contributed by atoms with E-state index in [1.807, 2.05) is 36.1 Å². The Kier molecular flexibility index (Phi) is 6.29. The van der Waals surface area contributed by atoms with Crippen LogP contribution in [-0.4, -0.2) is 71.7 Å². The number of ether oxygens (including phenoxy) is 2. The number of nitrogens with one attached hydrogen (secondary N) is 1. The smallest absolute Gasteiger partial charge is 0.243 e. The molecule has 1 spiro atoms. The second kappa shape index (κ2) is 9.53. The van der Waals surface area contributed by atoms with E-state index in [2.05, 4.69) is 25.2 Å². The fraction of sp³-hybridized carbons (Fsp3) is 0.440. The van der Waals surface area contributed by atoms with Crippen LogP contribution in [0, 0.1) is 6.92 Å². The second-order valence-corrected chi connectivity index (χ2v) is 8.86. The number of aryl methyl sites for hydroxylation is 1. The minimum absolute atomic E-state index is 0.104. The summed E-state index contributed by atoms with van der Waals surface area (Å²) in [6, 6.07) is 9.41. The number of benzene rings is 1. The summed E-state index contributed by atoms with van der Waals surface area (Å²) in [4.78, 5) is 31.2. The highest BCUT2D eigenvalue weighted by Crippen LogP contribution is 2.32. The molecule has 1 N–H and O–H groups in total. The summed E-state index contributed by atoms with van der Waals surface area (Å²) < 4.78 is 16.5. The number of rotatable bonds is 6. The molecule has 1 aromatic carbocycles. The Balaban J connectivity index is 1.32. The summed E-state index contributed by atoms with van der Waals surface area (Å²) in [5.41, 5.74) is 1.04.